The quantitative estimate of drug-likeness (QED) is 0.898. The van der Waals surface area contributed by atoms with E-state index in [1.165, 1.54) is 11.1 Å². The molecule has 1 aromatic carbocycles. The number of hydrogen-bond acceptors (Lipinski definition) is 3. The molecule has 0 aromatic heterocycles. The van der Waals surface area contributed by atoms with Crippen molar-refractivity contribution >= 4 is 18.3 Å². The van der Waals surface area contributed by atoms with Gasteiger partial charge in [-0.3, -0.25) is 9.69 Å². The highest BCUT2D eigenvalue weighted by Crippen LogP contribution is 2.11. The Morgan fingerprint density at radius 1 is 1.33 bits per heavy atom. The zero-order valence-electron chi connectivity index (χ0n) is 13.1. The van der Waals surface area contributed by atoms with E-state index in [1.807, 2.05) is 31.1 Å². The van der Waals surface area contributed by atoms with Crippen LogP contribution < -0.4 is 5.32 Å². The number of nitrogens with one attached hydrogen (secondary N) is 1. The summed E-state index contributed by atoms with van der Waals surface area (Å²) in [6.07, 6.45) is 1.13. The number of carbonyl (C=O) groups is 1. The van der Waals surface area contributed by atoms with Crippen LogP contribution >= 0.6 is 12.4 Å². The molecule has 1 aromatic rings. The van der Waals surface area contributed by atoms with Crippen molar-refractivity contribution < 1.29 is 4.79 Å². The molecule has 1 atom stereocenters. The second-order valence-corrected chi connectivity index (χ2v) is 5.74. The molecule has 4 nitrogen and oxygen atoms in total. The van der Waals surface area contributed by atoms with Gasteiger partial charge >= 0.3 is 0 Å². The van der Waals surface area contributed by atoms with Gasteiger partial charge in [-0.05, 0) is 38.1 Å². The Morgan fingerprint density at radius 3 is 2.67 bits per heavy atom. The largest absolute Gasteiger partial charge is 0.340 e. The fraction of sp³-hybridized carbons (Fsp3) is 0.562. The average molecular weight is 312 g/mol. The van der Waals surface area contributed by atoms with Gasteiger partial charge in [0.1, 0.15) is 0 Å². The summed E-state index contributed by atoms with van der Waals surface area (Å²) < 4.78 is 0. The third-order valence-corrected chi connectivity index (χ3v) is 4.14. The highest BCUT2D eigenvalue weighted by atomic mass is 35.5. The van der Waals surface area contributed by atoms with Gasteiger partial charge in [0.25, 0.3) is 0 Å². The van der Waals surface area contributed by atoms with Crippen LogP contribution in [0.3, 0.4) is 0 Å². The fourth-order valence-electron chi connectivity index (χ4n) is 2.61. The molecule has 1 aliphatic rings. The number of amides is 1. The summed E-state index contributed by atoms with van der Waals surface area (Å²) in [6.45, 7) is 5.31. The van der Waals surface area contributed by atoms with Gasteiger partial charge in [-0.15, -0.1) is 12.4 Å². The topological polar surface area (TPSA) is 35.6 Å². The normalized spacial score (nSPS) is 17.6. The Balaban J connectivity index is 0.00000220. The van der Waals surface area contributed by atoms with E-state index in [1.54, 1.807) is 0 Å². The van der Waals surface area contributed by atoms with Gasteiger partial charge in [-0.2, -0.15) is 0 Å². The second kappa shape index (κ2) is 8.37. The third kappa shape index (κ3) is 4.99. The lowest BCUT2D eigenvalue weighted by atomic mass is 10.1. The van der Waals surface area contributed by atoms with E-state index in [9.17, 15) is 4.79 Å². The average Bonchev–Trinajstić information content (AvgIpc) is 2.95. The lowest BCUT2D eigenvalue weighted by Crippen LogP contribution is -2.42. The smallest absolute Gasteiger partial charge is 0.236 e. The summed E-state index contributed by atoms with van der Waals surface area (Å²) >= 11 is 0. The zero-order chi connectivity index (χ0) is 14.5. The molecule has 1 N–H and O–H groups in total. The molecule has 1 heterocycles. The van der Waals surface area contributed by atoms with Crippen LogP contribution in [0.1, 0.15) is 17.5 Å². The minimum atomic E-state index is 0. The first-order valence-corrected chi connectivity index (χ1v) is 7.27. The maximum absolute atomic E-state index is 12.3. The lowest BCUT2D eigenvalue weighted by Gasteiger charge is -2.26. The van der Waals surface area contributed by atoms with E-state index < -0.39 is 0 Å². The number of halogens is 1. The summed E-state index contributed by atoms with van der Waals surface area (Å²) in [5, 5.41) is 3.34. The molecule has 0 spiro atoms. The SMILES string of the molecule is Cc1ccccc1CN(C)C(=O)CN(C)C1CCNC1.Cl. The van der Waals surface area contributed by atoms with E-state index in [0.29, 0.717) is 19.1 Å². The van der Waals surface area contributed by atoms with Crippen LogP contribution in [0.15, 0.2) is 24.3 Å². The van der Waals surface area contributed by atoms with Crippen LogP contribution in [0.2, 0.25) is 0 Å². The van der Waals surface area contributed by atoms with Crippen molar-refractivity contribution in [3.05, 3.63) is 35.4 Å². The van der Waals surface area contributed by atoms with Crippen molar-refractivity contribution in [2.24, 2.45) is 0 Å². The molecule has 0 saturated carbocycles. The number of nitrogens with zero attached hydrogens (tertiary/aromatic N) is 2. The third-order valence-electron chi connectivity index (χ3n) is 4.14. The maximum Gasteiger partial charge on any atom is 0.236 e. The molecule has 1 aliphatic heterocycles. The number of likely N-dealkylation sites (N-methyl/N-ethyl adjacent to an activating group) is 2. The van der Waals surface area contributed by atoms with E-state index in [2.05, 4.69) is 29.3 Å². The molecule has 1 fully saturated rings. The number of rotatable bonds is 5. The van der Waals surface area contributed by atoms with Crippen molar-refractivity contribution in [3.8, 4) is 0 Å². The molecule has 0 radical (unpaired) electrons. The summed E-state index contributed by atoms with van der Waals surface area (Å²) in [7, 11) is 3.92. The highest BCUT2D eigenvalue weighted by Gasteiger charge is 2.22. The van der Waals surface area contributed by atoms with Crippen LogP contribution in [0.5, 0.6) is 0 Å². The van der Waals surface area contributed by atoms with Crippen LogP contribution in [0.4, 0.5) is 0 Å². The zero-order valence-corrected chi connectivity index (χ0v) is 13.9. The van der Waals surface area contributed by atoms with Gasteiger partial charge in [0, 0.05) is 26.2 Å². The summed E-state index contributed by atoms with van der Waals surface area (Å²) in [5.74, 6) is 0.183. The van der Waals surface area contributed by atoms with E-state index in [4.69, 9.17) is 0 Å². The monoisotopic (exact) mass is 311 g/mol. The predicted molar refractivity (Wildman–Crippen MR) is 88.8 cm³/mol. The second-order valence-electron chi connectivity index (χ2n) is 5.74. The summed E-state index contributed by atoms with van der Waals surface area (Å²) in [5.41, 5.74) is 2.45. The van der Waals surface area contributed by atoms with E-state index in [-0.39, 0.29) is 18.3 Å². The molecular formula is C16H26ClN3O. The summed E-state index contributed by atoms with van der Waals surface area (Å²) in [6, 6.07) is 8.72. The van der Waals surface area contributed by atoms with Crippen LogP contribution in [0.25, 0.3) is 0 Å². The van der Waals surface area contributed by atoms with Crippen LogP contribution in [-0.4, -0.2) is 55.5 Å². The number of benzene rings is 1. The van der Waals surface area contributed by atoms with Crippen molar-refractivity contribution in [2.45, 2.75) is 25.9 Å². The Kier molecular flexibility index (Phi) is 7.15. The van der Waals surface area contributed by atoms with Gasteiger partial charge in [0.2, 0.25) is 5.91 Å². The number of hydrogen-bond donors (Lipinski definition) is 1. The molecule has 1 amide bonds. The predicted octanol–water partition coefficient (Wildman–Crippen LogP) is 1.67. The van der Waals surface area contributed by atoms with Crippen molar-refractivity contribution in [3.63, 3.8) is 0 Å². The van der Waals surface area contributed by atoms with E-state index in [0.717, 1.165) is 19.5 Å². The molecular weight excluding hydrogens is 286 g/mol. The van der Waals surface area contributed by atoms with Gasteiger partial charge in [-0.25, -0.2) is 0 Å². The summed E-state index contributed by atoms with van der Waals surface area (Å²) in [4.78, 5) is 16.3. The van der Waals surface area contributed by atoms with Gasteiger partial charge in [0.15, 0.2) is 0 Å². The first-order valence-electron chi connectivity index (χ1n) is 7.27. The molecule has 2 rings (SSSR count). The molecule has 0 bridgehead atoms. The molecule has 118 valence electrons. The van der Waals surface area contributed by atoms with Gasteiger partial charge < -0.3 is 10.2 Å². The minimum Gasteiger partial charge on any atom is -0.340 e. The Hall–Kier alpha value is -1.10. The Morgan fingerprint density at radius 2 is 2.05 bits per heavy atom. The highest BCUT2D eigenvalue weighted by molar-refractivity contribution is 5.85. The fourth-order valence-corrected chi connectivity index (χ4v) is 2.61. The Bertz CT molecular complexity index is 461. The molecule has 1 unspecified atom stereocenters. The first kappa shape index (κ1) is 18.0. The van der Waals surface area contributed by atoms with Crippen molar-refractivity contribution in [1.82, 2.24) is 15.1 Å². The molecule has 5 heteroatoms. The van der Waals surface area contributed by atoms with Crippen LogP contribution in [0, 0.1) is 6.92 Å². The van der Waals surface area contributed by atoms with Gasteiger partial charge in [0.05, 0.1) is 6.54 Å². The minimum absolute atomic E-state index is 0. The number of aryl methyl sites for hydroxylation is 1. The van der Waals surface area contributed by atoms with E-state index >= 15 is 0 Å². The maximum atomic E-state index is 12.3. The standard InChI is InChI=1S/C16H25N3O.ClH/c1-13-6-4-5-7-14(13)11-19(3)16(20)12-18(2)15-8-9-17-10-15;/h4-7,15,17H,8-12H2,1-3H3;1H. The van der Waals surface area contributed by atoms with Crippen molar-refractivity contribution in [2.75, 3.05) is 33.7 Å². The Labute approximate surface area is 133 Å². The van der Waals surface area contributed by atoms with Crippen LogP contribution in [-0.2, 0) is 11.3 Å². The molecule has 1 saturated heterocycles. The molecule has 21 heavy (non-hydrogen) atoms. The first-order chi connectivity index (χ1) is 9.58. The lowest BCUT2D eigenvalue weighted by molar-refractivity contribution is -0.131. The van der Waals surface area contributed by atoms with Gasteiger partial charge in [-0.1, -0.05) is 24.3 Å². The van der Waals surface area contributed by atoms with Crippen molar-refractivity contribution in [1.29, 1.82) is 0 Å². The molecule has 0 aliphatic carbocycles. The number of carbonyl (C=O) groups excluding carboxylic acids is 1.